The van der Waals surface area contributed by atoms with Crippen molar-refractivity contribution < 1.29 is 9.18 Å². The van der Waals surface area contributed by atoms with Crippen LogP contribution in [0, 0.1) is 5.82 Å². The topological polar surface area (TPSA) is 80.4 Å². The summed E-state index contributed by atoms with van der Waals surface area (Å²) >= 11 is 0. The second-order valence-corrected chi connectivity index (χ2v) is 6.07. The number of halogens is 1. The van der Waals surface area contributed by atoms with Crippen LogP contribution in [-0.4, -0.2) is 32.7 Å². The summed E-state index contributed by atoms with van der Waals surface area (Å²) in [6.07, 6.45) is 5.28. The van der Waals surface area contributed by atoms with Crippen molar-refractivity contribution in [3.63, 3.8) is 0 Å². The molecule has 0 bridgehead atoms. The average Bonchev–Trinajstić information content (AvgIpc) is 3.08. The normalized spacial score (nSPS) is 12.2. The van der Waals surface area contributed by atoms with Crippen LogP contribution in [0.2, 0.25) is 0 Å². The number of hydrogen-bond acceptors (Lipinski definition) is 4. The maximum Gasteiger partial charge on any atom is 0.276 e. The summed E-state index contributed by atoms with van der Waals surface area (Å²) < 4.78 is 16.0. The lowest BCUT2D eigenvalue weighted by Crippen LogP contribution is -2.34. The van der Waals surface area contributed by atoms with Gasteiger partial charge in [0, 0.05) is 43.6 Å². The number of carbonyl (C=O) groups is 1. The maximum absolute atomic E-state index is 12.9. The highest BCUT2D eigenvalue weighted by Gasteiger charge is 2.09. The summed E-state index contributed by atoms with van der Waals surface area (Å²) in [7, 11) is 0. The second kappa shape index (κ2) is 7.92. The van der Waals surface area contributed by atoms with Gasteiger partial charge in [-0.25, -0.2) is 8.91 Å². The molecule has 2 N–H and O–H groups in total. The summed E-state index contributed by atoms with van der Waals surface area (Å²) in [5.41, 5.74) is 0.983. The van der Waals surface area contributed by atoms with Gasteiger partial charge in [0.15, 0.2) is 0 Å². The molecule has 1 aromatic carbocycles. The van der Waals surface area contributed by atoms with E-state index in [-0.39, 0.29) is 29.7 Å². The zero-order chi connectivity index (χ0) is 18.5. The van der Waals surface area contributed by atoms with Crippen molar-refractivity contribution in [2.24, 2.45) is 0 Å². The number of aromatic nitrogens is 3. The molecule has 0 spiro atoms. The van der Waals surface area contributed by atoms with Crippen molar-refractivity contribution in [2.75, 3.05) is 11.9 Å². The van der Waals surface area contributed by atoms with Crippen molar-refractivity contribution in [2.45, 2.75) is 25.9 Å². The van der Waals surface area contributed by atoms with Crippen molar-refractivity contribution in [3.8, 4) is 0 Å². The number of fused-ring (bicyclic) bond motifs is 1. The zero-order valence-electron chi connectivity index (χ0n) is 14.4. The Hall–Kier alpha value is -3.00. The number of nitrogens with one attached hydrogen (secondary N) is 2. The van der Waals surface area contributed by atoms with E-state index in [0.717, 1.165) is 0 Å². The molecule has 1 unspecified atom stereocenters. The third-order valence-corrected chi connectivity index (χ3v) is 4.00. The van der Waals surface area contributed by atoms with Crippen LogP contribution < -0.4 is 16.2 Å². The lowest BCUT2D eigenvalue weighted by molar-refractivity contribution is -0.116. The van der Waals surface area contributed by atoms with Crippen LogP contribution in [-0.2, 0) is 11.3 Å². The summed E-state index contributed by atoms with van der Waals surface area (Å²) in [5.74, 6) is -0.503. The minimum Gasteiger partial charge on any atom is -0.326 e. The smallest absolute Gasteiger partial charge is 0.276 e. The van der Waals surface area contributed by atoms with Crippen LogP contribution >= 0.6 is 0 Å². The van der Waals surface area contributed by atoms with E-state index in [9.17, 15) is 14.0 Å². The summed E-state index contributed by atoms with van der Waals surface area (Å²) in [6, 6.07) is 7.24. The number of anilines is 1. The van der Waals surface area contributed by atoms with Crippen LogP contribution in [0.25, 0.3) is 5.52 Å². The van der Waals surface area contributed by atoms with Gasteiger partial charge < -0.3 is 15.2 Å². The molecule has 1 atom stereocenters. The Morgan fingerprint density at radius 2 is 2.00 bits per heavy atom. The highest BCUT2D eigenvalue weighted by Crippen LogP contribution is 2.09. The first kappa shape index (κ1) is 17.8. The van der Waals surface area contributed by atoms with Gasteiger partial charge in [-0.3, -0.25) is 9.59 Å². The van der Waals surface area contributed by atoms with Crippen LogP contribution in [0.15, 0.2) is 53.7 Å². The van der Waals surface area contributed by atoms with E-state index in [2.05, 4.69) is 15.7 Å². The first-order valence-corrected chi connectivity index (χ1v) is 8.34. The van der Waals surface area contributed by atoms with Crippen molar-refractivity contribution >= 4 is 17.1 Å². The van der Waals surface area contributed by atoms with Crippen LogP contribution in [0.4, 0.5) is 10.1 Å². The first-order chi connectivity index (χ1) is 12.5. The van der Waals surface area contributed by atoms with Crippen LogP contribution in [0.1, 0.15) is 13.3 Å². The predicted molar refractivity (Wildman–Crippen MR) is 96.6 cm³/mol. The van der Waals surface area contributed by atoms with Gasteiger partial charge in [-0.15, -0.1) is 0 Å². The molecule has 3 aromatic rings. The van der Waals surface area contributed by atoms with E-state index in [0.29, 0.717) is 24.3 Å². The highest BCUT2D eigenvalue weighted by atomic mass is 19.1. The van der Waals surface area contributed by atoms with E-state index in [1.807, 2.05) is 6.92 Å². The average molecular weight is 357 g/mol. The number of carbonyl (C=O) groups excluding carboxylic acids is 1. The number of hydrogen-bond donors (Lipinski definition) is 2. The molecule has 136 valence electrons. The molecular weight excluding hydrogens is 337 g/mol. The number of nitrogens with zero attached hydrogens (tertiary/aromatic N) is 3. The predicted octanol–water partition coefficient (Wildman–Crippen LogP) is 1.64. The number of rotatable bonds is 7. The molecule has 7 nitrogen and oxygen atoms in total. The molecule has 2 aromatic heterocycles. The molecule has 0 aliphatic heterocycles. The fourth-order valence-corrected chi connectivity index (χ4v) is 2.66. The Morgan fingerprint density at radius 1 is 1.23 bits per heavy atom. The van der Waals surface area contributed by atoms with Crippen LogP contribution in [0.3, 0.4) is 0 Å². The Kier molecular flexibility index (Phi) is 5.43. The van der Waals surface area contributed by atoms with Crippen molar-refractivity contribution in [3.05, 3.63) is 65.1 Å². The summed E-state index contributed by atoms with van der Waals surface area (Å²) in [6.45, 7) is 2.94. The fraction of sp³-hybridized carbons (Fsp3) is 0.278. The van der Waals surface area contributed by atoms with Gasteiger partial charge in [0.2, 0.25) is 5.91 Å². The fourth-order valence-electron chi connectivity index (χ4n) is 2.66. The number of amides is 1. The van der Waals surface area contributed by atoms with Gasteiger partial charge in [-0.1, -0.05) is 0 Å². The van der Waals surface area contributed by atoms with Gasteiger partial charge in [0.05, 0.1) is 6.20 Å². The molecule has 0 saturated carbocycles. The maximum atomic E-state index is 12.9. The third-order valence-electron chi connectivity index (χ3n) is 4.00. The van der Waals surface area contributed by atoms with E-state index >= 15 is 0 Å². The quantitative estimate of drug-likeness (QED) is 0.674. The van der Waals surface area contributed by atoms with E-state index in [4.69, 9.17) is 0 Å². The third kappa shape index (κ3) is 4.34. The molecule has 0 aliphatic rings. The largest absolute Gasteiger partial charge is 0.326 e. The van der Waals surface area contributed by atoms with E-state index in [1.54, 1.807) is 29.2 Å². The monoisotopic (exact) mass is 357 g/mol. The highest BCUT2D eigenvalue weighted by molar-refractivity contribution is 5.91. The lowest BCUT2D eigenvalue weighted by Gasteiger charge is -2.14. The molecule has 1 amide bonds. The molecule has 2 heterocycles. The Balaban J connectivity index is 1.46. The minimum absolute atomic E-state index is 0.0650. The van der Waals surface area contributed by atoms with E-state index in [1.165, 1.54) is 28.8 Å². The summed E-state index contributed by atoms with van der Waals surface area (Å²) in [5, 5.41) is 9.97. The van der Waals surface area contributed by atoms with Crippen molar-refractivity contribution in [1.29, 1.82) is 0 Å². The molecule has 8 heteroatoms. The SMILES string of the molecule is CC(CC(=O)Nc1ccc(F)cc1)NCCn1ccn2nccc2c1=O. The molecule has 0 fully saturated rings. The Labute approximate surface area is 149 Å². The van der Waals surface area contributed by atoms with Gasteiger partial charge in [-0.2, -0.15) is 5.10 Å². The first-order valence-electron chi connectivity index (χ1n) is 8.34. The standard InChI is InChI=1S/C18H20FN5O2/c1-13(12-17(25)22-15-4-2-14(19)3-5-15)20-8-9-23-10-11-24-16(18(23)26)6-7-21-24/h2-7,10-11,13,20H,8-9,12H2,1H3,(H,22,25). The molecule has 26 heavy (non-hydrogen) atoms. The number of benzene rings is 1. The molecule has 0 radical (unpaired) electrons. The van der Waals surface area contributed by atoms with Gasteiger partial charge in [0.1, 0.15) is 11.3 Å². The van der Waals surface area contributed by atoms with Gasteiger partial charge in [-0.05, 0) is 37.3 Å². The second-order valence-electron chi connectivity index (χ2n) is 6.07. The van der Waals surface area contributed by atoms with Gasteiger partial charge in [0.25, 0.3) is 5.56 Å². The minimum atomic E-state index is -0.345. The molecular formula is C18H20FN5O2. The zero-order valence-corrected chi connectivity index (χ0v) is 14.4. The summed E-state index contributed by atoms with van der Waals surface area (Å²) in [4.78, 5) is 24.3. The molecule has 3 rings (SSSR count). The van der Waals surface area contributed by atoms with Crippen molar-refractivity contribution in [1.82, 2.24) is 19.5 Å². The lowest BCUT2D eigenvalue weighted by atomic mass is 10.2. The van der Waals surface area contributed by atoms with Crippen LogP contribution in [0.5, 0.6) is 0 Å². The Bertz CT molecular complexity index is 948. The molecule has 0 saturated heterocycles. The molecule has 0 aliphatic carbocycles. The van der Waals surface area contributed by atoms with Gasteiger partial charge >= 0.3 is 0 Å². The Morgan fingerprint density at radius 3 is 2.77 bits per heavy atom. The van der Waals surface area contributed by atoms with E-state index < -0.39 is 0 Å².